The molecule has 90 valence electrons. The van der Waals surface area contributed by atoms with Crippen molar-refractivity contribution in [3.8, 4) is 5.75 Å². The summed E-state index contributed by atoms with van der Waals surface area (Å²) in [6, 6.07) is 4.51. The zero-order valence-electron chi connectivity index (χ0n) is 9.75. The highest BCUT2D eigenvalue weighted by molar-refractivity contribution is 5.95. The first-order valence-corrected chi connectivity index (χ1v) is 5.33. The van der Waals surface area contributed by atoms with Crippen molar-refractivity contribution in [3.05, 3.63) is 29.7 Å². The molecule has 5 heteroatoms. The summed E-state index contributed by atoms with van der Waals surface area (Å²) < 4.78 is 18.5. The van der Waals surface area contributed by atoms with E-state index in [1.165, 1.54) is 19.2 Å². The maximum Gasteiger partial charge on any atom is 0.148 e. The van der Waals surface area contributed by atoms with Gasteiger partial charge in [-0.2, -0.15) is 0 Å². The summed E-state index contributed by atoms with van der Waals surface area (Å²) in [6.07, 6.45) is 0.769. The molecule has 0 spiro atoms. The van der Waals surface area contributed by atoms with E-state index in [-0.39, 0.29) is 5.82 Å². The minimum Gasteiger partial charge on any atom is -0.494 e. The molecule has 0 amide bonds. The lowest BCUT2D eigenvalue weighted by molar-refractivity contribution is 0.415. The van der Waals surface area contributed by atoms with Crippen LogP contribution in [0.2, 0.25) is 0 Å². The van der Waals surface area contributed by atoms with Gasteiger partial charge in [-0.15, -0.1) is 0 Å². The number of methoxy groups -OCH3 is 1. The van der Waals surface area contributed by atoms with E-state index >= 15 is 0 Å². The standard InChI is InChI=1S/C12H14FN3O/c1-3-8-6-10(16-14)9-4-7(13)5-11(17-2)12(9)15-8/h4-6H,3,14H2,1-2H3,(H,15,16). The third-order valence-corrected chi connectivity index (χ3v) is 2.63. The Morgan fingerprint density at radius 1 is 1.41 bits per heavy atom. The Balaban J connectivity index is 2.83. The van der Waals surface area contributed by atoms with Crippen LogP contribution in [0.15, 0.2) is 18.2 Å². The Labute approximate surface area is 98.6 Å². The summed E-state index contributed by atoms with van der Waals surface area (Å²) in [5.41, 5.74) is 4.69. The van der Waals surface area contributed by atoms with Crippen LogP contribution in [0, 0.1) is 5.82 Å². The lowest BCUT2D eigenvalue weighted by atomic mass is 10.1. The van der Waals surface area contributed by atoms with E-state index in [2.05, 4.69) is 10.4 Å². The minimum atomic E-state index is -0.378. The number of nitrogens with one attached hydrogen (secondary N) is 1. The largest absolute Gasteiger partial charge is 0.494 e. The molecule has 4 nitrogen and oxygen atoms in total. The van der Waals surface area contributed by atoms with Gasteiger partial charge in [-0.1, -0.05) is 6.92 Å². The van der Waals surface area contributed by atoms with E-state index in [1.54, 1.807) is 6.07 Å². The second kappa shape index (κ2) is 4.55. The lowest BCUT2D eigenvalue weighted by Gasteiger charge is -2.11. The number of anilines is 1. The van der Waals surface area contributed by atoms with Crippen molar-refractivity contribution in [2.75, 3.05) is 12.5 Å². The fraction of sp³-hybridized carbons (Fsp3) is 0.250. The SMILES string of the molecule is CCc1cc(NN)c2cc(F)cc(OC)c2n1. The van der Waals surface area contributed by atoms with E-state index in [0.29, 0.717) is 22.3 Å². The third kappa shape index (κ3) is 2.01. The number of nitrogens with two attached hydrogens (primary N) is 1. The summed E-state index contributed by atoms with van der Waals surface area (Å²) in [5, 5.41) is 0.613. The minimum absolute atomic E-state index is 0.378. The smallest absolute Gasteiger partial charge is 0.148 e. The first-order valence-electron chi connectivity index (χ1n) is 5.33. The van der Waals surface area contributed by atoms with Gasteiger partial charge in [0, 0.05) is 17.1 Å². The number of rotatable bonds is 3. The van der Waals surface area contributed by atoms with Crippen molar-refractivity contribution < 1.29 is 9.13 Å². The topological polar surface area (TPSA) is 60.2 Å². The molecule has 17 heavy (non-hydrogen) atoms. The maximum absolute atomic E-state index is 13.4. The monoisotopic (exact) mass is 235 g/mol. The molecule has 0 atom stereocenters. The van der Waals surface area contributed by atoms with Crippen LogP contribution >= 0.6 is 0 Å². The summed E-state index contributed by atoms with van der Waals surface area (Å²) >= 11 is 0. The van der Waals surface area contributed by atoms with Crippen molar-refractivity contribution >= 4 is 16.6 Å². The van der Waals surface area contributed by atoms with Gasteiger partial charge in [0.15, 0.2) is 0 Å². The van der Waals surface area contributed by atoms with Crippen molar-refractivity contribution in [1.82, 2.24) is 4.98 Å². The molecule has 0 saturated carbocycles. The van der Waals surface area contributed by atoms with Gasteiger partial charge in [0.25, 0.3) is 0 Å². The van der Waals surface area contributed by atoms with Gasteiger partial charge in [0.05, 0.1) is 12.8 Å². The van der Waals surface area contributed by atoms with Gasteiger partial charge < -0.3 is 10.2 Å². The molecule has 0 saturated heterocycles. The molecule has 2 rings (SSSR count). The van der Waals surface area contributed by atoms with E-state index in [1.807, 2.05) is 6.92 Å². The highest BCUT2D eigenvalue weighted by atomic mass is 19.1. The van der Waals surface area contributed by atoms with Gasteiger partial charge in [-0.3, -0.25) is 5.84 Å². The van der Waals surface area contributed by atoms with Crippen LogP contribution in [-0.2, 0) is 6.42 Å². The molecule has 0 fully saturated rings. The number of halogens is 1. The Bertz CT molecular complexity index is 557. The zero-order chi connectivity index (χ0) is 12.4. The first-order chi connectivity index (χ1) is 8.19. The predicted molar refractivity (Wildman–Crippen MR) is 65.4 cm³/mol. The number of aryl methyl sites for hydroxylation is 1. The fourth-order valence-electron chi connectivity index (χ4n) is 1.77. The molecule has 2 aromatic rings. The molecule has 0 aliphatic rings. The van der Waals surface area contributed by atoms with E-state index in [9.17, 15) is 4.39 Å². The van der Waals surface area contributed by atoms with E-state index in [0.717, 1.165) is 12.1 Å². The molecule has 1 aromatic heterocycles. The first kappa shape index (κ1) is 11.6. The number of hydrogen-bond acceptors (Lipinski definition) is 4. The van der Waals surface area contributed by atoms with Gasteiger partial charge in [-0.25, -0.2) is 9.37 Å². The van der Waals surface area contributed by atoms with Crippen LogP contribution in [-0.4, -0.2) is 12.1 Å². The van der Waals surface area contributed by atoms with E-state index < -0.39 is 0 Å². The summed E-state index contributed by atoms with van der Waals surface area (Å²) in [5.74, 6) is 5.47. The molecule has 0 aliphatic heterocycles. The molecule has 0 unspecified atom stereocenters. The molecule has 0 bridgehead atoms. The summed E-state index contributed by atoms with van der Waals surface area (Å²) in [7, 11) is 1.49. The number of fused-ring (bicyclic) bond motifs is 1. The van der Waals surface area contributed by atoms with Gasteiger partial charge in [0.2, 0.25) is 0 Å². The maximum atomic E-state index is 13.4. The second-order valence-electron chi connectivity index (χ2n) is 3.66. The Hall–Kier alpha value is -1.88. The summed E-state index contributed by atoms with van der Waals surface area (Å²) in [6.45, 7) is 1.99. The van der Waals surface area contributed by atoms with Crippen LogP contribution in [0.25, 0.3) is 10.9 Å². The lowest BCUT2D eigenvalue weighted by Crippen LogP contribution is -2.08. The van der Waals surface area contributed by atoms with Gasteiger partial charge in [-0.05, 0) is 18.6 Å². The zero-order valence-corrected chi connectivity index (χ0v) is 9.75. The predicted octanol–water partition coefficient (Wildman–Crippen LogP) is 2.23. The number of nitrogen functional groups attached to an aromatic ring is 1. The van der Waals surface area contributed by atoms with E-state index in [4.69, 9.17) is 10.6 Å². The number of nitrogens with zero attached hydrogens (tertiary/aromatic N) is 1. The third-order valence-electron chi connectivity index (χ3n) is 2.63. The highest BCUT2D eigenvalue weighted by Gasteiger charge is 2.11. The van der Waals surface area contributed by atoms with Crippen LogP contribution in [0.4, 0.5) is 10.1 Å². The molecular formula is C12H14FN3O. The Kier molecular flexibility index (Phi) is 3.10. The molecular weight excluding hydrogens is 221 g/mol. The van der Waals surface area contributed by atoms with Crippen molar-refractivity contribution in [3.63, 3.8) is 0 Å². The van der Waals surface area contributed by atoms with Crippen molar-refractivity contribution in [1.29, 1.82) is 0 Å². The number of ether oxygens (including phenoxy) is 1. The molecule has 0 radical (unpaired) electrons. The average molecular weight is 235 g/mol. The van der Waals surface area contributed by atoms with Crippen molar-refractivity contribution in [2.24, 2.45) is 5.84 Å². The highest BCUT2D eigenvalue weighted by Crippen LogP contribution is 2.30. The Morgan fingerprint density at radius 2 is 2.18 bits per heavy atom. The van der Waals surface area contributed by atoms with Crippen LogP contribution in [0.1, 0.15) is 12.6 Å². The molecule has 3 N–H and O–H groups in total. The number of hydrazine groups is 1. The van der Waals surface area contributed by atoms with Crippen LogP contribution in [0.5, 0.6) is 5.75 Å². The normalized spacial score (nSPS) is 10.6. The second-order valence-corrected chi connectivity index (χ2v) is 3.66. The average Bonchev–Trinajstić information content (AvgIpc) is 2.36. The van der Waals surface area contributed by atoms with Crippen LogP contribution < -0.4 is 16.0 Å². The molecule has 0 aliphatic carbocycles. The fourth-order valence-corrected chi connectivity index (χ4v) is 1.77. The number of hydrogen-bond donors (Lipinski definition) is 2. The number of pyridine rings is 1. The number of aromatic nitrogens is 1. The summed E-state index contributed by atoms with van der Waals surface area (Å²) in [4.78, 5) is 4.43. The van der Waals surface area contributed by atoms with Gasteiger partial charge >= 0.3 is 0 Å². The molecule has 1 aromatic carbocycles. The number of benzene rings is 1. The van der Waals surface area contributed by atoms with Gasteiger partial charge in [0.1, 0.15) is 17.1 Å². The van der Waals surface area contributed by atoms with Crippen LogP contribution in [0.3, 0.4) is 0 Å². The quantitative estimate of drug-likeness (QED) is 0.632. The molecule has 1 heterocycles. The Morgan fingerprint density at radius 3 is 2.76 bits per heavy atom. The van der Waals surface area contributed by atoms with Crippen molar-refractivity contribution in [2.45, 2.75) is 13.3 Å².